The number of esters is 1. The summed E-state index contributed by atoms with van der Waals surface area (Å²) in [6, 6.07) is 0. The fourth-order valence-corrected chi connectivity index (χ4v) is 8.04. The van der Waals surface area contributed by atoms with Gasteiger partial charge in [-0.05, 0) is 79.4 Å². The van der Waals surface area contributed by atoms with Crippen LogP contribution >= 0.6 is 0 Å². The maximum atomic E-state index is 12.7. The van der Waals surface area contributed by atoms with E-state index in [1.54, 1.807) is 0 Å². The largest absolute Gasteiger partial charge is 0.463 e. The van der Waals surface area contributed by atoms with Gasteiger partial charge in [0.2, 0.25) is 0 Å². The Hall–Kier alpha value is -0.860. The molecule has 0 amide bonds. The molecule has 0 aromatic heterocycles. The summed E-state index contributed by atoms with van der Waals surface area (Å²) >= 11 is 0. The van der Waals surface area contributed by atoms with Crippen molar-refractivity contribution in [3.63, 3.8) is 0 Å². The maximum absolute atomic E-state index is 12.7. The summed E-state index contributed by atoms with van der Waals surface area (Å²) in [7, 11) is 0. The van der Waals surface area contributed by atoms with Gasteiger partial charge in [0.15, 0.2) is 0 Å². The van der Waals surface area contributed by atoms with Gasteiger partial charge in [0.05, 0.1) is 0 Å². The van der Waals surface area contributed by atoms with Gasteiger partial charge in [0, 0.05) is 18.8 Å². The second-order valence-electron chi connectivity index (χ2n) is 11.1. The van der Waals surface area contributed by atoms with Crippen LogP contribution in [0.1, 0.15) is 86.0 Å². The number of ether oxygens (including phenoxy) is 1. The third-order valence-corrected chi connectivity index (χ3v) is 9.32. The Kier molecular flexibility index (Phi) is 4.14. The zero-order valence-electron chi connectivity index (χ0n) is 17.3. The Morgan fingerprint density at radius 2 is 1.77 bits per heavy atom. The second kappa shape index (κ2) is 5.82. The molecule has 3 nitrogen and oxygen atoms in total. The van der Waals surface area contributed by atoms with Gasteiger partial charge in [-0.15, -0.1) is 0 Å². The van der Waals surface area contributed by atoms with Crippen molar-refractivity contribution in [3.05, 3.63) is 0 Å². The monoisotopic (exact) mass is 360 g/mol. The molecule has 4 fully saturated rings. The number of rotatable bonds is 1. The number of hydrogen-bond acceptors (Lipinski definition) is 3. The van der Waals surface area contributed by atoms with E-state index < -0.39 is 0 Å². The molecule has 0 heterocycles. The van der Waals surface area contributed by atoms with Crippen LogP contribution in [0.4, 0.5) is 0 Å². The second-order valence-corrected chi connectivity index (χ2v) is 11.1. The van der Waals surface area contributed by atoms with Crippen molar-refractivity contribution in [1.82, 2.24) is 0 Å². The van der Waals surface area contributed by atoms with E-state index >= 15 is 0 Å². The fraction of sp³-hybridized carbons (Fsp3) is 0.913. The summed E-state index contributed by atoms with van der Waals surface area (Å²) in [4.78, 5) is 24.1. The molecule has 26 heavy (non-hydrogen) atoms. The zero-order valence-corrected chi connectivity index (χ0v) is 17.3. The summed E-state index contributed by atoms with van der Waals surface area (Å²) in [6.07, 6.45) is 8.74. The summed E-state index contributed by atoms with van der Waals surface area (Å²) in [5.74, 6) is 3.00. The van der Waals surface area contributed by atoms with Crippen LogP contribution in [0, 0.1) is 39.9 Å². The number of hydrogen-bond donors (Lipinski definition) is 0. The van der Waals surface area contributed by atoms with E-state index in [1.165, 1.54) is 26.2 Å². The Bertz CT molecular complexity index is 623. The smallest absolute Gasteiger partial charge is 0.302 e. The van der Waals surface area contributed by atoms with Crippen molar-refractivity contribution in [3.8, 4) is 0 Å². The van der Waals surface area contributed by atoms with Crippen LogP contribution in [0.3, 0.4) is 0 Å². The van der Waals surface area contributed by atoms with E-state index in [1.807, 2.05) is 0 Å². The van der Waals surface area contributed by atoms with Crippen LogP contribution in [0.15, 0.2) is 0 Å². The molecule has 0 radical (unpaired) electrons. The van der Waals surface area contributed by atoms with Crippen LogP contribution in [0.2, 0.25) is 0 Å². The molecule has 7 atom stereocenters. The van der Waals surface area contributed by atoms with Crippen molar-refractivity contribution in [2.45, 2.75) is 92.1 Å². The lowest BCUT2D eigenvalue weighted by Gasteiger charge is -2.65. The lowest BCUT2D eigenvalue weighted by molar-refractivity contribution is -0.182. The Morgan fingerprint density at radius 1 is 1.04 bits per heavy atom. The third kappa shape index (κ3) is 2.52. The molecule has 0 N–H and O–H groups in total. The number of Topliss-reactive ketones (excluding diaryl/α,β-unsaturated/α-hetero) is 1. The van der Waals surface area contributed by atoms with Gasteiger partial charge in [-0.1, -0.05) is 27.7 Å². The van der Waals surface area contributed by atoms with Crippen LogP contribution in [-0.4, -0.2) is 17.9 Å². The molecule has 0 saturated heterocycles. The molecule has 146 valence electrons. The highest BCUT2D eigenvalue weighted by Crippen LogP contribution is 2.69. The Labute approximate surface area is 158 Å². The average molecular weight is 361 g/mol. The third-order valence-electron chi connectivity index (χ3n) is 9.32. The first-order valence-electron chi connectivity index (χ1n) is 10.8. The van der Waals surface area contributed by atoms with Crippen molar-refractivity contribution < 1.29 is 14.3 Å². The lowest BCUT2D eigenvalue weighted by atomic mass is 9.40. The van der Waals surface area contributed by atoms with Crippen LogP contribution < -0.4 is 0 Å². The number of carbonyl (C=O) groups is 2. The molecule has 0 unspecified atom stereocenters. The Balaban J connectivity index is 1.65. The van der Waals surface area contributed by atoms with Gasteiger partial charge in [0.1, 0.15) is 11.9 Å². The highest BCUT2D eigenvalue weighted by atomic mass is 16.5. The van der Waals surface area contributed by atoms with Crippen LogP contribution in [0.5, 0.6) is 0 Å². The van der Waals surface area contributed by atoms with E-state index in [0.29, 0.717) is 29.0 Å². The first-order valence-corrected chi connectivity index (χ1v) is 10.8. The van der Waals surface area contributed by atoms with E-state index in [0.717, 1.165) is 38.0 Å². The van der Waals surface area contributed by atoms with Gasteiger partial charge < -0.3 is 4.74 Å². The molecule has 4 rings (SSSR count). The minimum Gasteiger partial charge on any atom is -0.463 e. The number of ketones is 1. The molecule has 0 aliphatic heterocycles. The van der Waals surface area contributed by atoms with Crippen molar-refractivity contribution >= 4 is 11.8 Å². The maximum Gasteiger partial charge on any atom is 0.302 e. The topological polar surface area (TPSA) is 43.4 Å². The average Bonchev–Trinajstić information content (AvgIpc) is 2.84. The van der Waals surface area contributed by atoms with Gasteiger partial charge in [-0.25, -0.2) is 0 Å². The van der Waals surface area contributed by atoms with E-state index in [-0.39, 0.29) is 22.9 Å². The number of fused-ring (bicyclic) bond motifs is 5. The highest BCUT2D eigenvalue weighted by molar-refractivity contribution is 5.87. The molecule has 0 aromatic carbocycles. The molecule has 4 aliphatic rings. The van der Waals surface area contributed by atoms with E-state index in [2.05, 4.69) is 27.7 Å². The normalized spacial score (nSPS) is 49.7. The van der Waals surface area contributed by atoms with Gasteiger partial charge >= 0.3 is 5.97 Å². The lowest BCUT2D eigenvalue weighted by Crippen LogP contribution is -2.59. The molecule has 0 spiro atoms. The fourth-order valence-electron chi connectivity index (χ4n) is 8.04. The molecule has 0 aromatic rings. The van der Waals surface area contributed by atoms with Crippen molar-refractivity contribution in [2.75, 3.05) is 0 Å². The standard InChI is InChI=1S/C23H36O3/c1-14(24)26-16-8-10-22(4)15(12-16)13-21(2,3)20-17-6-7-19(25)23(17,5)11-9-18(20)22/h15-18,20H,6-13H2,1-5H3/t15-,16+,17+,18+,20+,22+,23+/m1/s1. The van der Waals surface area contributed by atoms with Crippen molar-refractivity contribution in [1.29, 1.82) is 0 Å². The van der Waals surface area contributed by atoms with Gasteiger partial charge in [0.25, 0.3) is 0 Å². The Morgan fingerprint density at radius 3 is 2.46 bits per heavy atom. The van der Waals surface area contributed by atoms with E-state index in [9.17, 15) is 9.59 Å². The molecule has 0 bridgehead atoms. The van der Waals surface area contributed by atoms with Gasteiger partial charge in [-0.2, -0.15) is 0 Å². The first-order chi connectivity index (χ1) is 12.1. The quantitative estimate of drug-likeness (QED) is 0.606. The predicted molar refractivity (Wildman–Crippen MR) is 101 cm³/mol. The molecule has 4 aliphatic carbocycles. The summed E-state index contributed by atoms with van der Waals surface area (Å²) in [6.45, 7) is 11.2. The molecule has 4 saturated carbocycles. The zero-order chi connectivity index (χ0) is 18.9. The minimum atomic E-state index is -0.135. The molecule has 3 heteroatoms. The summed E-state index contributed by atoms with van der Waals surface area (Å²) in [5.41, 5.74) is 0.560. The summed E-state index contributed by atoms with van der Waals surface area (Å²) < 4.78 is 5.61. The highest BCUT2D eigenvalue weighted by Gasteiger charge is 2.64. The minimum absolute atomic E-state index is 0.0590. The predicted octanol–water partition coefficient (Wildman–Crippen LogP) is 5.17. The van der Waals surface area contributed by atoms with Gasteiger partial charge in [-0.3, -0.25) is 9.59 Å². The molecular weight excluding hydrogens is 324 g/mol. The number of carbonyl (C=O) groups excluding carboxylic acids is 2. The first kappa shape index (κ1) is 18.5. The molecular formula is C23H36O3. The SMILES string of the molecule is CC(=O)O[C@H]1CC[C@@]2(C)[C@H](C1)CC(C)(C)[C@@H]1[C@@H]2CC[C@]2(C)C(=O)CC[C@@H]12. The van der Waals surface area contributed by atoms with Crippen molar-refractivity contribution in [2.24, 2.45) is 39.9 Å². The van der Waals surface area contributed by atoms with Crippen LogP contribution in [-0.2, 0) is 14.3 Å². The van der Waals surface area contributed by atoms with Crippen LogP contribution in [0.25, 0.3) is 0 Å². The summed E-state index contributed by atoms with van der Waals surface area (Å²) in [5, 5.41) is 0. The van der Waals surface area contributed by atoms with E-state index in [4.69, 9.17) is 4.74 Å².